The van der Waals surface area contributed by atoms with Crippen molar-refractivity contribution >= 4 is 22.9 Å². The minimum atomic E-state index is -1.05. The van der Waals surface area contributed by atoms with E-state index in [1.54, 1.807) is 0 Å². The molecule has 8 heteroatoms. The molecule has 2 rings (SSSR count). The van der Waals surface area contributed by atoms with Gasteiger partial charge in [0, 0.05) is 6.07 Å². The van der Waals surface area contributed by atoms with Gasteiger partial charge in [-0.1, -0.05) is 0 Å². The van der Waals surface area contributed by atoms with Crippen LogP contribution in [0.3, 0.4) is 0 Å². The number of nitrogen functional groups attached to an aromatic ring is 1. The molecule has 1 aromatic heterocycles. The number of Topliss-reactive ketones (excluding diaryl/α,β-unsaturated/α-hetero) is 1. The van der Waals surface area contributed by atoms with E-state index in [1.165, 1.54) is 25.1 Å². The molecule has 0 atom stereocenters. The fraction of sp³-hybridized carbons (Fsp3) is 0.133. The van der Waals surface area contributed by atoms with Crippen molar-refractivity contribution < 1.29 is 24.5 Å². The number of nitrogens with zero attached hydrogens (tertiary/aromatic N) is 1. The predicted octanol–water partition coefficient (Wildman–Crippen LogP) is 1.68. The third-order valence-corrected chi connectivity index (χ3v) is 3.11. The van der Waals surface area contributed by atoms with E-state index in [9.17, 15) is 24.9 Å². The fourth-order valence-electron chi connectivity index (χ4n) is 2.00. The molecular weight excluding hydrogens is 304 g/mol. The zero-order valence-corrected chi connectivity index (χ0v) is 12.3. The number of rotatable bonds is 3. The highest BCUT2D eigenvalue weighted by molar-refractivity contribution is 6.07. The Balaban J connectivity index is 2.63. The lowest BCUT2D eigenvalue weighted by molar-refractivity contribution is 0.100. The minimum Gasteiger partial charge on any atom is -0.506 e. The van der Waals surface area contributed by atoms with E-state index in [0.717, 1.165) is 6.92 Å². The Labute approximate surface area is 130 Å². The largest absolute Gasteiger partial charge is 0.506 e. The van der Waals surface area contributed by atoms with Gasteiger partial charge < -0.3 is 25.5 Å². The average molecular weight is 318 g/mol. The van der Waals surface area contributed by atoms with Crippen molar-refractivity contribution in [2.75, 3.05) is 5.73 Å². The smallest absolute Gasteiger partial charge is 0.351 e. The molecule has 1 heterocycles. The molecule has 0 radical (unpaired) electrons. The molecule has 0 bridgehead atoms. The second-order valence-electron chi connectivity index (χ2n) is 4.79. The molecule has 0 spiro atoms. The summed E-state index contributed by atoms with van der Waals surface area (Å²) in [6, 6.07) is 4.18. The first-order valence-electron chi connectivity index (χ1n) is 6.46. The van der Waals surface area contributed by atoms with Crippen molar-refractivity contribution in [3.05, 3.63) is 39.7 Å². The number of ketones is 1. The van der Waals surface area contributed by atoms with Crippen LogP contribution in [0.1, 0.15) is 29.8 Å². The van der Waals surface area contributed by atoms with E-state index in [0.29, 0.717) is 0 Å². The summed E-state index contributed by atoms with van der Waals surface area (Å²) < 4.78 is 4.55. The van der Waals surface area contributed by atoms with Gasteiger partial charge in [-0.05, 0) is 26.0 Å². The predicted molar refractivity (Wildman–Crippen MR) is 82.7 cm³/mol. The second kappa shape index (κ2) is 5.84. The molecule has 0 aliphatic heterocycles. The summed E-state index contributed by atoms with van der Waals surface area (Å²) >= 11 is 0. The maximum absolute atomic E-state index is 11.8. The Kier molecular flexibility index (Phi) is 4.08. The maximum atomic E-state index is 11.8. The lowest BCUT2D eigenvalue weighted by Crippen LogP contribution is -2.15. The number of aromatic hydroxyl groups is 3. The molecular formula is C15H14N2O6. The SMILES string of the molecule is CC(=O)c1c(O)oc(=O)c(C(C)=Nc2ccc(N)c(O)c2)c1O. The summed E-state index contributed by atoms with van der Waals surface area (Å²) in [5.41, 5.74) is 4.03. The Morgan fingerprint density at radius 3 is 2.39 bits per heavy atom. The number of aliphatic imine (C=N–C) groups is 1. The molecule has 0 aliphatic rings. The second-order valence-corrected chi connectivity index (χ2v) is 4.79. The monoisotopic (exact) mass is 318 g/mol. The van der Waals surface area contributed by atoms with Gasteiger partial charge in [-0.25, -0.2) is 4.79 Å². The molecule has 0 aliphatic carbocycles. The van der Waals surface area contributed by atoms with E-state index in [4.69, 9.17) is 5.73 Å². The van der Waals surface area contributed by atoms with E-state index >= 15 is 0 Å². The Bertz CT molecular complexity index is 882. The van der Waals surface area contributed by atoms with Crippen molar-refractivity contribution in [2.24, 2.45) is 4.99 Å². The first-order valence-corrected chi connectivity index (χ1v) is 6.46. The first-order chi connectivity index (χ1) is 10.7. The van der Waals surface area contributed by atoms with E-state index in [2.05, 4.69) is 9.41 Å². The summed E-state index contributed by atoms with van der Waals surface area (Å²) in [5, 5.41) is 29.1. The number of carbonyl (C=O) groups excluding carboxylic acids is 1. The quantitative estimate of drug-likeness (QED) is 0.291. The number of anilines is 1. The van der Waals surface area contributed by atoms with Gasteiger partial charge in [0.05, 0.1) is 17.1 Å². The van der Waals surface area contributed by atoms with Crippen LogP contribution in [0.25, 0.3) is 0 Å². The number of benzene rings is 1. The highest BCUT2D eigenvalue weighted by Crippen LogP contribution is 2.30. The van der Waals surface area contributed by atoms with Gasteiger partial charge in [0.2, 0.25) is 0 Å². The fourth-order valence-corrected chi connectivity index (χ4v) is 2.00. The summed E-state index contributed by atoms with van der Waals surface area (Å²) in [4.78, 5) is 27.4. The van der Waals surface area contributed by atoms with Crippen LogP contribution in [0.15, 0.2) is 32.4 Å². The van der Waals surface area contributed by atoms with Gasteiger partial charge in [-0.15, -0.1) is 0 Å². The van der Waals surface area contributed by atoms with Gasteiger partial charge in [-0.3, -0.25) is 9.79 Å². The molecule has 1 aromatic carbocycles. The van der Waals surface area contributed by atoms with Crippen LogP contribution in [0.5, 0.6) is 17.4 Å². The van der Waals surface area contributed by atoms with Gasteiger partial charge >= 0.3 is 5.63 Å². The lowest BCUT2D eigenvalue weighted by Gasteiger charge is -2.07. The van der Waals surface area contributed by atoms with E-state index in [-0.39, 0.29) is 28.4 Å². The Morgan fingerprint density at radius 1 is 1.17 bits per heavy atom. The molecule has 5 N–H and O–H groups in total. The Morgan fingerprint density at radius 2 is 1.83 bits per heavy atom. The number of nitrogens with two attached hydrogens (primary N) is 1. The lowest BCUT2D eigenvalue weighted by atomic mass is 10.1. The van der Waals surface area contributed by atoms with Crippen LogP contribution in [0, 0.1) is 0 Å². The molecule has 0 saturated heterocycles. The third-order valence-electron chi connectivity index (χ3n) is 3.11. The summed E-state index contributed by atoms with van der Waals surface area (Å²) in [6.45, 7) is 2.50. The zero-order valence-electron chi connectivity index (χ0n) is 12.3. The standard InChI is InChI=1S/C15H14N2O6/c1-6(17-8-3-4-9(16)10(19)5-8)11-13(20)12(7(2)18)15(22)23-14(11)21/h3-5,19-20,22H,16H2,1-2H3. The van der Waals surface area contributed by atoms with E-state index < -0.39 is 28.7 Å². The minimum absolute atomic E-state index is 0.0305. The van der Waals surface area contributed by atoms with Crippen molar-refractivity contribution in [1.29, 1.82) is 0 Å². The first kappa shape index (κ1) is 16.1. The van der Waals surface area contributed by atoms with Gasteiger partial charge in [0.1, 0.15) is 22.6 Å². The summed E-state index contributed by atoms with van der Waals surface area (Å²) in [6.07, 6.45) is 0. The molecule has 0 unspecified atom stereocenters. The van der Waals surface area contributed by atoms with Crippen molar-refractivity contribution in [3.8, 4) is 17.4 Å². The van der Waals surface area contributed by atoms with Gasteiger partial charge in [-0.2, -0.15) is 0 Å². The Hall–Kier alpha value is -3.29. The van der Waals surface area contributed by atoms with Gasteiger partial charge in [0.25, 0.3) is 5.95 Å². The number of carbonyl (C=O) groups is 1. The van der Waals surface area contributed by atoms with Crippen LogP contribution in [-0.2, 0) is 0 Å². The molecule has 120 valence electrons. The highest BCUT2D eigenvalue weighted by Gasteiger charge is 2.23. The van der Waals surface area contributed by atoms with Gasteiger partial charge in [0.15, 0.2) is 5.78 Å². The van der Waals surface area contributed by atoms with Crippen LogP contribution in [0.4, 0.5) is 11.4 Å². The van der Waals surface area contributed by atoms with Crippen molar-refractivity contribution in [2.45, 2.75) is 13.8 Å². The van der Waals surface area contributed by atoms with Crippen molar-refractivity contribution in [3.63, 3.8) is 0 Å². The molecule has 0 saturated carbocycles. The molecule has 0 fully saturated rings. The molecule has 2 aromatic rings. The average Bonchev–Trinajstić information content (AvgIpc) is 2.41. The maximum Gasteiger partial charge on any atom is 0.351 e. The highest BCUT2D eigenvalue weighted by atomic mass is 16.5. The summed E-state index contributed by atoms with van der Waals surface area (Å²) in [5.74, 6) is -2.54. The van der Waals surface area contributed by atoms with Crippen LogP contribution >= 0.6 is 0 Å². The normalized spacial score (nSPS) is 11.5. The summed E-state index contributed by atoms with van der Waals surface area (Å²) in [7, 11) is 0. The van der Waals surface area contributed by atoms with Crippen LogP contribution in [-0.4, -0.2) is 26.8 Å². The topological polar surface area (TPSA) is 146 Å². The molecule has 23 heavy (non-hydrogen) atoms. The third kappa shape index (κ3) is 3.00. The van der Waals surface area contributed by atoms with Crippen LogP contribution in [0.2, 0.25) is 0 Å². The molecule has 8 nitrogen and oxygen atoms in total. The number of phenols is 1. The molecule has 0 amide bonds. The van der Waals surface area contributed by atoms with Crippen molar-refractivity contribution in [1.82, 2.24) is 0 Å². The van der Waals surface area contributed by atoms with Crippen LogP contribution < -0.4 is 11.4 Å². The zero-order chi connectivity index (χ0) is 17.3. The van der Waals surface area contributed by atoms with E-state index in [1.807, 2.05) is 0 Å². The number of hydrogen-bond acceptors (Lipinski definition) is 8. The number of phenolic OH excluding ortho intramolecular Hbond substituents is 1. The number of hydrogen-bond donors (Lipinski definition) is 4.